The van der Waals surface area contributed by atoms with E-state index in [0.29, 0.717) is 6.54 Å². The minimum Gasteiger partial charge on any atom is -0.468 e. The van der Waals surface area contributed by atoms with Gasteiger partial charge in [-0.1, -0.05) is 48.0 Å². The van der Waals surface area contributed by atoms with E-state index in [1.54, 1.807) is 6.08 Å². The fraction of sp³-hybridized carbons (Fsp3) is 0.250. The van der Waals surface area contributed by atoms with Crippen LogP contribution >= 0.6 is 11.6 Å². The molecule has 86 valence electrons. The third kappa shape index (κ3) is 3.68. The highest BCUT2D eigenvalue weighted by Gasteiger charge is 2.19. The molecular formula is C12H14ClNO2. The van der Waals surface area contributed by atoms with Crippen LogP contribution in [-0.2, 0) is 9.53 Å². The van der Waals surface area contributed by atoms with Crippen molar-refractivity contribution < 1.29 is 9.53 Å². The third-order valence-corrected chi connectivity index (χ3v) is 2.28. The maximum absolute atomic E-state index is 11.6. The molecule has 1 rings (SSSR count). The summed E-state index contributed by atoms with van der Waals surface area (Å²) in [5, 5.41) is 3.04. The smallest absolute Gasteiger partial charge is 0.327 e. The van der Waals surface area contributed by atoms with Gasteiger partial charge in [0.25, 0.3) is 0 Å². The van der Waals surface area contributed by atoms with Crippen LogP contribution in [0, 0.1) is 0 Å². The predicted octanol–water partition coefficient (Wildman–Crippen LogP) is 2.24. The number of carbonyl (C=O) groups excluding carboxylic acids is 1. The molecule has 0 heterocycles. The Bertz CT molecular complexity index is 351. The van der Waals surface area contributed by atoms with Gasteiger partial charge in [-0.25, -0.2) is 4.79 Å². The number of carbonyl (C=O) groups is 1. The maximum atomic E-state index is 11.6. The van der Waals surface area contributed by atoms with Crippen LogP contribution in [0.3, 0.4) is 0 Å². The van der Waals surface area contributed by atoms with Gasteiger partial charge in [-0.2, -0.15) is 0 Å². The van der Waals surface area contributed by atoms with Crippen molar-refractivity contribution in [2.75, 3.05) is 13.7 Å². The van der Waals surface area contributed by atoms with E-state index in [0.717, 1.165) is 5.56 Å². The Kier molecular flexibility index (Phi) is 5.61. The van der Waals surface area contributed by atoms with Crippen molar-refractivity contribution in [2.45, 2.75) is 6.04 Å². The van der Waals surface area contributed by atoms with E-state index in [9.17, 15) is 4.79 Å². The summed E-state index contributed by atoms with van der Waals surface area (Å²) in [6.45, 7) is 0.512. The normalized spacial score (nSPS) is 12.6. The highest BCUT2D eigenvalue weighted by atomic mass is 35.5. The van der Waals surface area contributed by atoms with Crippen molar-refractivity contribution in [3.05, 3.63) is 47.5 Å². The highest BCUT2D eigenvalue weighted by molar-refractivity contribution is 6.25. The lowest BCUT2D eigenvalue weighted by atomic mass is 10.1. The van der Waals surface area contributed by atoms with Crippen LogP contribution < -0.4 is 5.32 Å². The molecule has 4 heteroatoms. The Morgan fingerprint density at radius 3 is 2.75 bits per heavy atom. The van der Waals surface area contributed by atoms with Gasteiger partial charge < -0.3 is 4.74 Å². The molecular weight excluding hydrogens is 226 g/mol. The number of benzene rings is 1. The SMILES string of the molecule is COC(=O)C(NCC=CCl)c1ccccc1. The van der Waals surface area contributed by atoms with Crippen molar-refractivity contribution in [3.63, 3.8) is 0 Å². The lowest BCUT2D eigenvalue weighted by Gasteiger charge is -2.15. The van der Waals surface area contributed by atoms with Crippen LogP contribution in [0.2, 0.25) is 0 Å². The summed E-state index contributed by atoms with van der Waals surface area (Å²) < 4.78 is 4.74. The van der Waals surface area contributed by atoms with Gasteiger partial charge in [0.15, 0.2) is 0 Å². The van der Waals surface area contributed by atoms with Crippen molar-refractivity contribution in [1.29, 1.82) is 0 Å². The Morgan fingerprint density at radius 2 is 2.19 bits per heavy atom. The Labute approximate surface area is 100 Å². The van der Waals surface area contributed by atoms with Gasteiger partial charge in [0.1, 0.15) is 6.04 Å². The third-order valence-electron chi connectivity index (χ3n) is 2.10. The molecule has 0 saturated heterocycles. The molecule has 0 bridgehead atoms. The summed E-state index contributed by atoms with van der Waals surface area (Å²) >= 11 is 5.41. The summed E-state index contributed by atoms with van der Waals surface area (Å²) in [6, 6.07) is 8.95. The molecule has 0 aromatic heterocycles. The summed E-state index contributed by atoms with van der Waals surface area (Å²) in [6.07, 6.45) is 1.72. The molecule has 1 unspecified atom stereocenters. The molecule has 1 N–H and O–H groups in total. The van der Waals surface area contributed by atoms with E-state index in [1.807, 2.05) is 30.3 Å². The Morgan fingerprint density at radius 1 is 1.50 bits per heavy atom. The lowest BCUT2D eigenvalue weighted by Crippen LogP contribution is -2.29. The molecule has 1 atom stereocenters. The molecule has 0 amide bonds. The number of esters is 1. The van der Waals surface area contributed by atoms with Gasteiger partial charge >= 0.3 is 5.97 Å². The number of methoxy groups -OCH3 is 1. The van der Waals surface area contributed by atoms with Crippen LogP contribution in [0.5, 0.6) is 0 Å². The molecule has 0 spiro atoms. The van der Waals surface area contributed by atoms with Gasteiger partial charge in [-0.05, 0) is 5.56 Å². The highest BCUT2D eigenvalue weighted by Crippen LogP contribution is 2.13. The second-order valence-corrected chi connectivity index (χ2v) is 3.39. The van der Waals surface area contributed by atoms with Gasteiger partial charge in [0, 0.05) is 12.1 Å². The van der Waals surface area contributed by atoms with Crippen molar-refractivity contribution in [3.8, 4) is 0 Å². The van der Waals surface area contributed by atoms with E-state index in [4.69, 9.17) is 16.3 Å². The van der Waals surface area contributed by atoms with Crippen LogP contribution in [0.15, 0.2) is 41.9 Å². The first-order valence-electron chi connectivity index (χ1n) is 4.91. The Hall–Kier alpha value is -1.32. The zero-order chi connectivity index (χ0) is 11.8. The van der Waals surface area contributed by atoms with E-state index < -0.39 is 6.04 Å². The van der Waals surface area contributed by atoms with Crippen LogP contribution in [-0.4, -0.2) is 19.6 Å². The summed E-state index contributed by atoms with van der Waals surface area (Å²) in [4.78, 5) is 11.6. The molecule has 0 aliphatic carbocycles. The molecule has 3 nitrogen and oxygen atoms in total. The quantitative estimate of drug-likeness (QED) is 0.801. The first-order chi connectivity index (χ1) is 7.79. The molecule has 0 fully saturated rings. The number of halogens is 1. The van der Waals surface area contributed by atoms with E-state index in [-0.39, 0.29) is 5.97 Å². The maximum Gasteiger partial charge on any atom is 0.327 e. The summed E-state index contributed by atoms with van der Waals surface area (Å²) in [7, 11) is 1.37. The van der Waals surface area contributed by atoms with Crippen LogP contribution in [0.1, 0.15) is 11.6 Å². The van der Waals surface area contributed by atoms with Gasteiger partial charge in [-0.3, -0.25) is 5.32 Å². The standard InChI is InChI=1S/C12H14ClNO2/c1-16-12(15)11(14-9-5-8-13)10-6-3-2-4-7-10/h2-8,11,14H,9H2,1H3. The molecule has 1 aromatic carbocycles. The molecule has 0 radical (unpaired) electrons. The minimum absolute atomic E-state index is 0.311. The number of hydrogen-bond donors (Lipinski definition) is 1. The molecule has 0 saturated carbocycles. The van der Waals surface area contributed by atoms with Crippen LogP contribution in [0.4, 0.5) is 0 Å². The number of nitrogens with one attached hydrogen (secondary N) is 1. The monoisotopic (exact) mass is 239 g/mol. The second-order valence-electron chi connectivity index (χ2n) is 3.14. The molecule has 0 aliphatic rings. The molecule has 0 aliphatic heterocycles. The van der Waals surface area contributed by atoms with E-state index >= 15 is 0 Å². The zero-order valence-electron chi connectivity index (χ0n) is 9.02. The van der Waals surface area contributed by atoms with Crippen molar-refractivity contribution >= 4 is 17.6 Å². The predicted molar refractivity (Wildman–Crippen MR) is 64.2 cm³/mol. The average molecular weight is 240 g/mol. The second kappa shape index (κ2) is 7.04. The molecule has 16 heavy (non-hydrogen) atoms. The van der Waals surface area contributed by atoms with Gasteiger partial charge in [0.2, 0.25) is 0 Å². The first-order valence-corrected chi connectivity index (χ1v) is 5.34. The minimum atomic E-state index is -0.459. The van der Waals surface area contributed by atoms with E-state index in [2.05, 4.69) is 5.32 Å². The van der Waals surface area contributed by atoms with Crippen molar-refractivity contribution in [1.82, 2.24) is 5.32 Å². The average Bonchev–Trinajstić information content (AvgIpc) is 2.35. The zero-order valence-corrected chi connectivity index (χ0v) is 9.78. The van der Waals surface area contributed by atoms with Gasteiger partial charge in [-0.15, -0.1) is 0 Å². The number of ether oxygens (including phenoxy) is 1. The fourth-order valence-corrected chi connectivity index (χ4v) is 1.42. The first kappa shape index (κ1) is 12.7. The Balaban J connectivity index is 2.75. The topological polar surface area (TPSA) is 38.3 Å². The summed E-state index contributed by atoms with van der Waals surface area (Å²) in [5.41, 5.74) is 2.28. The fourth-order valence-electron chi connectivity index (χ4n) is 1.33. The number of rotatable bonds is 5. The van der Waals surface area contributed by atoms with Crippen molar-refractivity contribution in [2.24, 2.45) is 0 Å². The van der Waals surface area contributed by atoms with E-state index in [1.165, 1.54) is 12.6 Å². The molecule has 1 aromatic rings. The lowest BCUT2D eigenvalue weighted by molar-refractivity contribution is -0.143. The van der Waals surface area contributed by atoms with Gasteiger partial charge in [0.05, 0.1) is 7.11 Å². The summed E-state index contributed by atoms with van der Waals surface area (Å²) in [5.74, 6) is -0.311. The number of hydrogen-bond acceptors (Lipinski definition) is 3. The largest absolute Gasteiger partial charge is 0.468 e. The van der Waals surface area contributed by atoms with Crippen LogP contribution in [0.25, 0.3) is 0 Å².